The van der Waals surface area contributed by atoms with Crippen LogP contribution < -0.4 is 0 Å². The van der Waals surface area contributed by atoms with Gasteiger partial charge in [0.1, 0.15) is 5.82 Å². The van der Waals surface area contributed by atoms with Crippen LogP contribution in [-0.2, 0) is 6.42 Å². The van der Waals surface area contributed by atoms with Gasteiger partial charge in [0, 0.05) is 18.5 Å². The maximum Gasteiger partial charge on any atom is 0.162 e. The summed E-state index contributed by atoms with van der Waals surface area (Å²) in [6, 6.07) is 16.2. The molecule has 2 aromatic carbocycles. The Morgan fingerprint density at radius 2 is 1.67 bits per heavy atom. The average molecular weight is 350 g/mol. The van der Waals surface area contributed by atoms with Gasteiger partial charge >= 0.3 is 0 Å². The van der Waals surface area contributed by atoms with Crippen LogP contribution in [0.3, 0.4) is 0 Å². The van der Waals surface area contributed by atoms with Crippen molar-refractivity contribution in [3.63, 3.8) is 0 Å². The van der Waals surface area contributed by atoms with E-state index in [0.717, 1.165) is 32.5 Å². The second-order valence-electron chi connectivity index (χ2n) is 5.70. The van der Waals surface area contributed by atoms with Gasteiger partial charge in [0.2, 0.25) is 0 Å². The van der Waals surface area contributed by atoms with Crippen molar-refractivity contribution in [3.05, 3.63) is 71.5 Å². The molecule has 0 radical (unpaired) electrons. The van der Waals surface area contributed by atoms with Crippen molar-refractivity contribution >= 4 is 18.2 Å². The standard InChI is InChI=1S/C20H24FNO.ClH/c1-2-22(16-14-17-7-4-3-5-8-17)15-6-9-20(23)18-10-12-19(21)13-11-18;/h3-5,7-8,10-13H,2,6,9,14-16H2,1H3;1H. The van der Waals surface area contributed by atoms with Crippen molar-refractivity contribution in [2.75, 3.05) is 19.6 Å². The third-order valence-corrected chi connectivity index (χ3v) is 4.05. The topological polar surface area (TPSA) is 20.3 Å². The molecule has 0 unspecified atom stereocenters. The van der Waals surface area contributed by atoms with Crippen LogP contribution in [0, 0.1) is 5.82 Å². The average Bonchev–Trinajstić information content (AvgIpc) is 2.59. The molecule has 0 bridgehead atoms. The molecule has 2 nitrogen and oxygen atoms in total. The number of benzene rings is 2. The fourth-order valence-electron chi connectivity index (χ4n) is 2.60. The number of carbonyl (C=O) groups is 1. The van der Waals surface area contributed by atoms with E-state index in [2.05, 4.69) is 36.1 Å². The number of halogens is 2. The highest BCUT2D eigenvalue weighted by Crippen LogP contribution is 2.08. The molecule has 4 heteroatoms. The molecule has 0 heterocycles. The van der Waals surface area contributed by atoms with E-state index in [1.165, 1.54) is 17.7 Å². The Balaban J connectivity index is 0.00000288. The van der Waals surface area contributed by atoms with Crippen LogP contribution in [0.5, 0.6) is 0 Å². The van der Waals surface area contributed by atoms with Gasteiger partial charge in [-0.1, -0.05) is 37.3 Å². The first-order chi connectivity index (χ1) is 11.2. The van der Waals surface area contributed by atoms with Crippen LogP contribution in [0.1, 0.15) is 35.7 Å². The normalized spacial score (nSPS) is 10.5. The molecule has 0 aromatic heterocycles. The van der Waals surface area contributed by atoms with Crippen LogP contribution in [0.2, 0.25) is 0 Å². The third-order valence-electron chi connectivity index (χ3n) is 4.05. The first-order valence-electron chi connectivity index (χ1n) is 8.24. The second kappa shape index (κ2) is 11.0. The van der Waals surface area contributed by atoms with Crippen molar-refractivity contribution in [1.82, 2.24) is 4.90 Å². The van der Waals surface area contributed by atoms with Gasteiger partial charge in [-0.15, -0.1) is 12.4 Å². The molecule has 0 aliphatic rings. The van der Waals surface area contributed by atoms with Gasteiger partial charge in [0.05, 0.1) is 0 Å². The minimum absolute atomic E-state index is 0. The summed E-state index contributed by atoms with van der Waals surface area (Å²) in [4.78, 5) is 14.4. The maximum absolute atomic E-state index is 12.9. The van der Waals surface area contributed by atoms with Gasteiger partial charge in [-0.05, 0) is 55.8 Å². The first-order valence-corrected chi connectivity index (χ1v) is 8.24. The minimum Gasteiger partial charge on any atom is -0.303 e. The van der Waals surface area contributed by atoms with Crippen LogP contribution in [0.4, 0.5) is 4.39 Å². The van der Waals surface area contributed by atoms with Gasteiger partial charge in [0.25, 0.3) is 0 Å². The number of hydrogen-bond acceptors (Lipinski definition) is 2. The Labute approximate surface area is 150 Å². The molecule has 24 heavy (non-hydrogen) atoms. The molecule has 0 aliphatic heterocycles. The molecular weight excluding hydrogens is 325 g/mol. The fraction of sp³-hybridized carbons (Fsp3) is 0.350. The van der Waals surface area contributed by atoms with Crippen molar-refractivity contribution in [1.29, 1.82) is 0 Å². The Morgan fingerprint density at radius 3 is 2.29 bits per heavy atom. The van der Waals surface area contributed by atoms with E-state index in [0.29, 0.717) is 12.0 Å². The zero-order chi connectivity index (χ0) is 16.5. The van der Waals surface area contributed by atoms with E-state index >= 15 is 0 Å². The molecule has 0 atom stereocenters. The van der Waals surface area contributed by atoms with Crippen molar-refractivity contribution < 1.29 is 9.18 Å². The lowest BCUT2D eigenvalue weighted by atomic mass is 10.1. The lowest BCUT2D eigenvalue weighted by molar-refractivity contribution is 0.0975. The molecule has 0 aliphatic carbocycles. The Morgan fingerprint density at radius 1 is 1.00 bits per heavy atom. The number of rotatable bonds is 9. The lowest BCUT2D eigenvalue weighted by Crippen LogP contribution is -2.27. The van der Waals surface area contributed by atoms with E-state index in [1.54, 1.807) is 12.1 Å². The van der Waals surface area contributed by atoms with Gasteiger partial charge in [-0.3, -0.25) is 4.79 Å². The molecular formula is C20H25ClFNO. The molecule has 2 aromatic rings. The third kappa shape index (κ3) is 6.81. The van der Waals surface area contributed by atoms with Gasteiger partial charge < -0.3 is 4.90 Å². The summed E-state index contributed by atoms with van der Waals surface area (Å²) in [6.45, 7) is 5.05. The van der Waals surface area contributed by atoms with E-state index in [1.807, 2.05) is 6.07 Å². The van der Waals surface area contributed by atoms with Crippen molar-refractivity contribution in [3.8, 4) is 0 Å². The van der Waals surface area contributed by atoms with Crippen LogP contribution >= 0.6 is 12.4 Å². The highest BCUT2D eigenvalue weighted by atomic mass is 35.5. The van der Waals surface area contributed by atoms with E-state index in [9.17, 15) is 9.18 Å². The summed E-state index contributed by atoms with van der Waals surface area (Å²) in [5.41, 5.74) is 1.94. The summed E-state index contributed by atoms with van der Waals surface area (Å²) in [5.74, 6) is -0.219. The Bertz CT molecular complexity index is 601. The Kier molecular flexibility index (Phi) is 9.28. The van der Waals surface area contributed by atoms with E-state index in [-0.39, 0.29) is 24.0 Å². The number of likely N-dealkylation sites (N-methyl/N-ethyl adjacent to an activating group) is 1. The van der Waals surface area contributed by atoms with Gasteiger partial charge in [0.15, 0.2) is 5.78 Å². The van der Waals surface area contributed by atoms with Crippen molar-refractivity contribution in [2.24, 2.45) is 0 Å². The summed E-state index contributed by atoms with van der Waals surface area (Å²) in [5, 5.41) is 0. The largest absolute Gasteiger partial charge is 0.303 e. The molecule has 0 saturated carbocycles. The van der Waals surface area contributed by atoms with E-state index < -0.39 is 0 Å². The number of ketones is 1. The monoisotopic (exact) mass is 349 g/mol. The summed E-state index contributed by atoms with van der Waals surface area (Å²) < 4.78 is 12.9. The molecule has 0 fully saturated rings. The molecule has 0 amide bonds. The van der Waals surface area contributed by atoms with Crippen molar-refractivity contribution in [2.45, 2.75) is 26.2 Å². The number of hydrogen-bond donors (Lipinski definition) is 0. The van der Waals surface area contributed by atoms with Crippen LogP contribution in [-0.4, -0.2) is 30.3 Å². The molecule has 0 spiro atoms. The molecule has 0 N–H and O–H groups in total. The minimum atomic E-state index is -0.306. The summed E-state index contributed by atoms with van der Waals surface area (Å²) in [6.07, 6.45) is 2.37. The Hall–Kier alpha value is -1.71. The highest BCUT2D eigenvalue weighted by Gasteiger charge is 2.08. The van der Waals surface area contributed by atoms with Crippen LogP contribution in [0.25, 0.3) is 0 Å². The quantitative estimate of drug-likeness (QED) is 0.607. The van der Waals surface area contributed by atoms with E-state index in [4.69, 9.17) is 0 Å². The highest BCUT2D eigenvalue weighted by molar-refractivity contribution is 5.95. The van der Waals surface area contributed by atoms with Gasteiger partial charge in [-0.2, -0.15) is 0 Å². The predicted octanol–water partition coefficient (Wildman–Crippen LogP) is 4.78. The number of carbonyl (C=O) groups excluding carboxylic acids is 1. The zero-order valence-corrected chi connectivity index (χ0v) is 14.9. The van der Waals surface area contributed by atoms with Crippen LogP contribution in [0.15, 0.2) is 54.6 Å². The second-order valence-corrected chi connectivity index (χ2v) is 5.70. The fourth-order valence-corrected chi connectivity index (χ4v) is 2.60. The lowest BCUT2D eigenvalue weighted by Gasteiger charge is -2.20. The predicted molar refractivity (Wildman–Crippen MR) is 99.5 cm³/mol. The zero-order valence-electron chi connectivity index (χ0n) is 14.1. The maximum atomic E-state index is 12.9. The smallest absolute Gasteiger partial charge is 0.162 e. The number of Topliss-reactive ketones (excluding diaryl/α,β-unsaturated/α-hetero) is 1. The first kappa shape index (κ1) is 20.3. The SMILES string of the molecule is CCN(CCCC(=O)c1ccc(F)cc1)CCc1ccccc1.Cl. The molecule has 130 valence electrons. The number of nitrogens with zero attached hydrogens (tertiary/aromatic N) is 1. The summed E-state index contributed by atoms with van der Waals surface area (Å²) >= 11 is 0. The van der Waals surface area contributed by atoms with Gasteiger partial charge in [-0.25, -0.2) is 4.39 Å². The molecule has 2 rings (SSSR count). The molecule has 0 saturated heterocycles. The summed E-state index contributed by atoms with van der Waals surface area (Å²) in [7, 11) is 0.